The predicted octanol–water partition coefficient (Wildman–Crippen LogP) is 2.38. The Balaban J connectivity index is 2.06. The minimum atomic E-state index is -0.787. The van der Waals surface area contributed by atoms with E-state index in [1.807, 2.05) is 4.57 Å². The van der Waals surface area contributed by atoms with Crippen molar-refractivity contribution in [1.82, 2.24) is 9.55 Å². The number of carbonyl (C=O) groups is 1. The summed E-state index contributed by atoms with van der Waals surface area (Å²) in [6.45, 7) is 0.803. The molecule has 0 spiro atoms. The molecule has 0 bridgehead atoms. The van der Waals surface area contributed by atoms with Gasteiger partial charge in [-0.25, -0.2) is 4.98 Å². The molecule has 86 valence electrons. The molecule has 16 heavy (non-hydrogen) atoms. The number of carboxylic acids is 1. The fraction of sp³-hybridized carbons (Fsp3) is 0.636. The summed E-state index contributed by atoms with van der Waals surface area (Å²) in [5.74, 6) is -0.130. The Labute approximate surface area is 98.2 Å². The molecule has 1 aromatic rings. The summed E-state index contributed by atoms with van der Waals surface area (Å²) in [5, 5.41) is 9.81. The van der Waals surface area contributed by atoms with Gasteiger partial charge in [0.25, 0.3) is 0 Å². The molecule has 5 heteroatoms. The van der Waals surface area contributed by atoms with Gasteiger partial charge in [0.05, 0.1) is 5.69 Å². The molecule has 0 amide bonds. The largest absolute Gasteiger partial charge is 0.481 e. The summed E-state index contributed by atoms with van der Waals surface area (Å²) in [4.78, 5) is 15.6. The fourth-order valence-electron chi connectivity index (χ4n) is 2.38. The maximum Gasteiger partial charge on any atom is 0.314 e. The van der Waals surface area contributed by atoms with Crippen molar-refractivity contribution in [1.29, 1.82) is 0 Å². The van der Waals surface area contributed by atoms with Crippen molar-refractivity contribution in [3.8, 4) is 0 Å². The third kappa shape index (κ3) is 1.44. The van der Waals surface area contributed by atoms with E-state index >= 15 is 0 Å². The highest BCUT2D eigenvalue weighted by molar-refractivity contribution is 6.30. The number of nitrogens with zero attached hydrogens (tertiary/aromatic N) is 2. The summed E-state index contributed by atoms with van der Waals surface area (Å²) >= 11 is 6.25. The lowest BCUT2D eigenvalue weighted by Gasteiger charge is -2.20. The van der Waals surface area contributed by atoms with Gasteiger partial charge in [0.1, 0.15) is 16.9 Å². The van der Waals surface area contributed by atoms with Crippen LogP contribution in [0.1, 0.15) is 49.0 Å². The highest BCUT2D eigenvalue weighted by atomic mass is 35.5. The molecule has 4 nitrogen and oxygen atoms in total. The van der Waals surface area contributed by atoms with Gasteiger partial charge in [-0.2, -0.15) is 0 Å². The van der Waals surface area contributed by atoms with E-state index in [0.29, 0.717) is 23.3 Å². The molecule has 1 saturated carbocycles. The maximum atomic E-state index is 11.1. The van der Waals surface area contributed by atoms with Crippen LogP contribution in [-0.2, 0) is 11.3 Å². The van der Waals surface area contributed by atoms with Crippen LogP contribution >= 0.6 is 11.6 Å². The van der Waals surface area contributed by atoms with Gasteiger partial charge >= 0.3 is 5.97 Å². The zero-order valence-corrected chi connectivity index (χ0v) is 9.57. The Morgan fingerprint density at radius 2 is 2.19 bits per heavy atom. The molecule has 1 fully saturated rings. The first-order chi connectivity index (χ1) is 7.68. The maximum absolute atomic E-state index is 11.1. The summed E-state index contributed by atoms with van der Waals surface area (Å²) in [6.07, 6.45) is 3.80. The van der Waals surface area contributed by atoms with E-state index in [2.05, 4.69) is 4.98 Å². The molecular formula is C11H13ClN2O2. The van der Waals surface area contributed by atoms with Gasteiger partial charge in [-0.3, -0.25) is 4.79 Å². The monoisotopic (exact) mass is 240 g/mol. The van der Waals surface area contributed by atoms with Crippen molar-refractivity contribution in [2.45, 2.75) is 44.1 Å². The van der Waals surface area contributed by atoms with E-state index in [0.717, 1.165) is 31.5 Å². The molecule has 1 N–H and O–H groups in total. The van der Waals surface area contributed by atoms with Crippen LogP contribution < -0.4 is 0 Å². The molecule has 1 unspecified atom stereocenters. The van der Waals surface area contributed by atoms with E-state index in [-0.39, 0.29) is 0 Å². The van der Waals surface area contributed by atoms with Gasteiger partial charge < -0.3 is 9.67 Å². The van der Waals surface area contributed by atoms with E-state index in [1.54, 1.807) is 0 Å². The Bertz CT molecular complexity index is 451. The lowest BCUT2D eigenvalue weighted by Crippen LogP contribution is -2.22. The molecular weight excluding hydrogens is 228 g/mol. The number of carboxylic acid groups (broad SMARTS) is 1. The Kier molecular flexibility index (Phi) is 2.21. The average Bonchev–Trinajstić information content (AvgIpc) is 3.04. The van der Waals surface area contributed by atoms with Crippen molar-refractivity contribution < 1.29 is 9.90 Å². The number of rotatable bonds is 2. The van der Waals surface area contributed by atoms with E-state index < -0.39 is 11.9 Å². The van der Waals surface area contributed by atoms with Crippen LogP contribution in [0.4, 0.5) is 0 Å². The zero-order chi connectivity index (χ0) is 11.3. The van der Waals surface area contributed by atoms with Crippen LogP contribution in [0.2, 0.25) is 5.15 Å². The number of halogens is 1. The standard InChI is InChI=1S/C11H13ClN2O2/c12-9-8(6-3-4-6)13-10-7(11(15)16)2-1-5-14(9)10/h6-7H,1-5H2,(H,15,16). The van der Waals surface area contributed by atoms with Crippen molar-refractivity contribution >= 4 is 17.6 Å². The van der Waals surface area contributed by atoms with Crippen molar-refractivity contribution in [2.24, 2.45) is 0 Å². The molecule has 1 aliphatic carbocycles. The number of hydrogen-bond donors (Lipinski definition) is 1. The Morgan fingerprint density at radius 3 is 2.81 bits per heavy atom. The number of fused-ring (bicyclic) bond motifs is 1. The van der Waals surface area contributed by atoms with E-state index in [9.17, 15) is 4.79 Å². The topological polar surface area (TPSA) is 55.1 Å². The average molecular weight is 241 g/mol. The van der Waals surface area contributed by atoms with Crippen LogP contribution in [0, 0.1) is 0 Å². The van der Waals surface area contributed by atoms with Gasteiger partial charge in [0.2, 0.25) is 0 Å². The third-order valence-corrected chi connectivity index (χ3v) is 3.81. The fourth-order valence-corrected chi connectivity index (χ4v) is 2.75. The minimum absolute atomic E-state index is 0.472. The zero-order valence-electron chi connectivity index (χ0n) is 8.82. The quantitative estimate of drug-likeness (QED) is 0.864. The molecule has 3 rings (SSSR count). The number of imidazole rings is 1. The summed E-state index contributed by atoms with van der Waals surface area (Å²) in [6, 6.07) is 0. The molecule has 2 aliphatic rings. The number of aliphatic carboxylic acids is 1. The first-order valence-corrected chi connectivity index (χ1v) is 6.05. The Morgan fingerprint density at radius 1 is 1.44 bits per heavy atom. The Hall–Kier alpha value is -1.03. The van der Waals surface area contributed by atoms with Crippen molar-refractivity contribution in [2.75, 3.05) is 0 Å². The first kappa shape index (κ1) is 10.1. The highest BCUT2D eigenvalue weighted by Crippen LogP contribution is 2.44. The van der Waals surface area contributed by atoms with Gasteiger partial charge in [0, 0.05) is 12.5 Å². The van der Waals surface area contributed by atoms with Crippen LogP contribution in [0.5, 0.6) is 0 Å². The predicted molar refractivity (Wildman–Crippen MR) is 58.8 cm³/mol. The molecule has 2 heterocycles. The lowest BCUT2D eigenvalue weighted by molar-refractivity contribution is -0.139. The van der Waals surface area contributed by atoms with Crippen LogP contribution in [-0.4, -0.2) is 20.6 Å². The van der Waals surface area contributed by atoms with Gasteiger partial charge in [-0.1, -0.05) is 11.6 Å². The van der Waals surface area contributed by atoms with Crippen LogP contribution in [0.25, 0.3) is 0 Å². The normalized spacial score (nSPS) is 24.2. The summed E-state index contributed by atoms with van der Waals surface area (Å²) in [5.41, 5.74) is 0.921. The van der Waals surface area contributed by atoms with E-state index in [1.165, 1.54) is 0 Å². The van der Waals surface area contributed by atoms with Crippen LogP contribution in [0.15, 0.2) is 0 Å². The third-order valence-electron chi connectivity index (χ3n) is 3.41. The molecule has 0 radical (unpaired) electrons. The lowest BCUT2D eigenvalue weighted by atomic mass is 9.99. The summed E-state index contributed by atoms with van der Waals surface area (Å²) < 4.78 is 1.89. The molecule has 1 atom stereocenters. The first-order valence-electron chi connectivity index (χ1n) is 5.67. The molecule has 0 saturated heterocycles. The summed E-state index contributed by atoms with van der Waals surface area (Å²) in [7, 11) is 0. The van der Waals surface area contributed by atoms with Crippen molar-refractivity contribution in [3.63, 3.8) is 0 Å². The second kappa shape index (κ2) is 3.48. The minimum Gasteiger partial charge on any atom is -0.481 e. The molecule has 1 aromatic heterocycles. The highest BCUT2D eigenvalue weighted by Gasteiger charge is 2.35. The van der Waals surface area contributed by atoms with Crippen molar-refractivity contribution in [3.05, 3.63) is 16.7 Å². The van der Waals surface area contributed by atoms with Gasteiger partial charge in [0.15, 0.2) is 0 Å². The van der Waals surface area contributed by atoms with Gasteiger partial charge in [-0.05, 0) is 25.7 Å². The molecule has 0 aromatic carbocycles. The smallest absolute Gasteiger partial charge is 0.314 e. The van der Waals surface area contributed by atoms with Gasteiger partial charge in [-0.15, -0.1) is 0 Å². The van der Waals surface area contributed by atoms with E-state index in [4.69, 9.17) is 16.7 Å². The second-order valence-corrected chi connectivity index (χ2v) is 4.96. The molecule has 1 aliphatic heterocycles. The number of hydrogen-bond acceptors (Lipinski definition) is 2. The van der Waals surface area contributed by atoms with Crippen LogP contribution in [0.3, 0.4) is 0 Å². The second-order valence-electron chi connectivity index (χ2n) is 4.61. The SMILES string of the molecule is O=C(O)C1CCCn2c1nc(C1CC1)c2Cl. The number of aromatic nitrogens is 2.